The van der Waals surface area contributed by atoms with Gasteiger partial charge in [0.15, 0.2) is 0 Å². The zero-order valence-corrected chi connectivity index (χ0v) is 7.29. The van der Waals surface area contributed by atoms with Gasteiger partial charge in [-0.3, -0.25) is 0 Å². The molecule has 6 heavy (non-hydrogen) atoms. The van der Waals surface area contributed by atoms with E-state index >= 15 is 0 Å². The highest BCUT2D eigenvalue weighted by Gasteiger charge is 1.95. The molecule has 0 radical (unpaired) electrons. The van der Waals surface area contributed by atoms with Crippen LogP contribution in [-0.4, -0.2) is 24.6 Å². The highest BCUT2D eigenvalue weighted by molar-refractivity contribution is 6.47. The average Bonchev–Trinajstić information content (AvgIpc) is 1.65. The van der Waals surface area contributed by atoms with Crippen LogP contribution >= 0.6 is 0 Å². The first-order valence-corrected chi connectivity index (χ1v) is 4.64. The molecule has 0 aromatic carbocycles. The van der Waals surface area contributed by atoms with Crippen LogP contribution in [0.4, 0.5) is 0 Å². The number of rotatable bonds is 2. The highest BCUT2D eigenvalue weighted by Crippen LogP contribution is 1.81. The summed E-state index contributed by atoms with van der Waals surface area (Å²) in [6, 6.07) is 0.837. The van der Waals surface area contributed by atoms with Gasteiger partial charge in [0.25, 0.3) is 0 Å². The minimum atomic E-state index is -1.60. The lowest BCUT2D eigenvalue weighted by Gasteiger charge is -1.98. The maximum absolute atomic E-state index is 8.62. The molecule has 1 unspecified atom stereocenters. The third kappa shape index (κ3) is 2.58. The first-order valence-electron chi connectivity index (χ1n) is 2.02. The van der Waals surface area contributed by atoms with Crippen molar-refractivity contribution in [1.82, 2.24) is 0 Å². The van der Waals surface area contributed by atoms with Crippen LogP contribution in [0, 0.1) is 0 Å². The quantitative estimate of drug-likeness (QED) is 0.453. The Kier molecular flexibility index (Phi) is 3.75. The van der Waals surface area contributed by atoms with Gasteiger partial charge in [-0.25, -0.2) is 0 Å². The second kappa shape index (κ2) is 3.54. The Morgan fingerprint density at radius 3 is 2.50 bits per heavy atom. The van der Waals surface area contributed by atoms with E-state index in [1.54, 1.807) is 0 Å². The largest absolute Gasteiger partial charge is 0.447 e. The average molecular weight is 122 g/mol. The Bertz CT molecular complexity index is 28.7. The highest BCUT2D eigenvalue weighted by atomic mass is 28.3. The maximum atomic E-state index is 8.62. The maximum Gasteiger partial charge on any atom is 0.307 e. The number of hydrogen-bond donors (Lipinski definition) is 1. The summed E-state index contributed by atoms with van der Waals surface area (Å²) in [7, 11) is -0.905. The van der Waals surface area contributed by atoms with Gasteiger partial charge in [0.2, 0.25) is 0 Å². The summed E-state index contributed by atoms with van der Waals surface area (Å²) in [5.74, 6) is 0. The molecule has 1 N–H and O–H groups in total. The smallest absolute Gasteiger partial charge is 0.307 e. The molecule has 0 spiro atoms. The van der Waals surface area contributed by atoms with Crippen LogP contribution in [0.15, 0.2) is 0 Å². The molecule has 0 saturated carbocycles. The van der Waals surface area contributed by atoms with E-state index in [0.29, 0.717) is 10.5 Å². The Labute approximate surface area is 42.5 Å². The lowest BCUT2D eigenvalue weighted by molar-refractivity contribution is 0.437. The van der Waals surface area contributed by atoms with Gasteiger partial charge in [0, 0.05) is 0 Å². The Morgan fingerprint density at radius 2 is 2.50 bits per heavy atom. The van der Waals surface area contributed by atoms with Gasteiger partial charge in [-0.2, -0.15) is 0 Å². The Balaban J connectivity index is 2.75. The van der Waals surface area contributed by atoms with Crippen molar-refractivity contribution >= 4 is 19.8 Å². The van der Waals surface area contributed by atoms with E-state index in [-0.39, 0.29) is 0 Å². The van der Waals surface area contributed by atoms with Gasteiger partial charge in [0.1, 0.15) is 10.5 Å². The third-order valence-electron chi connectivity index (χ3n) is 0.621. The SMILES string of the molecule is CC[SiH](O)O[SiH3]. The monoisotopic (exact) mass is 122 g/mol. The molecule has 0 bridgehead atoms. The molecule has 0 aliphatic rings. The minimum Gasteiger partial charge on any atom is -0.447 e. The standard InChI is InChI=1S/C2H10O2Si2/c1-2-6(3)4-5/h3,6H,2H2,1,5H3. The molecule has 0 rings (SSSR count). The molecule has 0 saturated heterocycles. The number of hydrogen-bond acceptors (Lipinski definition) is 2. The molecular weight excluding hydrogens is 112 g/mol. The normalized spacial score (nSPS) is 15.0. The summed E-state index contributed by atoms with van der Waals surface area (Å²) in [4.78, 5) is 8.62. The van der Waals surface area contributed by atoms with Gasteiger partial charge in [-0.1, -0.05) is 6.92 Å². The summed E-state index contributed by atoms with van der Waals surface area (Å²) in [5.41, 5.74) is 0. The van der Waals surface area contributed by atoms with Crippen molar-refractivity contribution in [2.75, 3.05) is 0 Å². The van der Waals surface area contributed by atoms with Gasteiger partial charge in [0.05, 0.1) is 0 Å². The van der Waals surface area contributed by atoms with Crippen LogP contribution < -0.4 is 0 Å². The van der Waals surface area contributed by atoms with E-state index in [0.717, 1.165) is 6.04 Å². The van der Waals surface area contributed by atoms with Crippen molar-refractivity contribution in [3.8, 4) is 0 Å². The van der Waals surface area contributed by atoms with E-state index in [9.17, 15) is 0 Å². The topological polar surface area (TPSA) is 29.5 Å². The summed E-state index contributed by atoms with van der Waals surface area (Å²) in [5, 5.41) is 0. The molecule has 1 atom stereocenters. The fraction of sp³-hybridized carbons (Fsp3) is 1.00. The lowest BCUT2D eigenvalue weighted by atomic mass is 11.0. The molecule has 2 nitrogen and oxygen atoms in total. The van der Waals surface area contributed by atoms with Crippen LogP contribution in [0.3, 0.4) is 0 Å². The van der Waals surface area contributed by atoms with Gasteiger partial charge in [-0.05, 0) is 6.04 Å². The molecule has 0 heterocycles. The van der Waals surface area contributed by atoms with Crippen molar-refractivity contribution in [2.45, 2.75) is 13.0 Å². The van der Waals surface area contributed by atoms with Crippen LogP contribution in [0.25, 0.3) is 0 Å². The molecule has 0 aromatic heterocycles. The summed E-state index contributed by atoms with van der Waals surface area (Å²) >= 11 is 0. The van der Waals surface area contributed by atoms with Crippen LogP contribution in [0.5, 0.6) is 0 Å². The Hall–Kier alpha value is 0.354. The molecule has 0 aliphatic heterocycles. The van der Waals surface area contributed by atoms with E-state index < -0.39 is 9.28 Å². The van der Waals surface area contributed by atoms with Gasteiger partial charge < -0.3 is 8.91 Å². The summed E-state index contributed by atoms with van der Waals surface area (Å²) in [6.07, 6.45) is 0. The molecule has 0 aromatic rings. The predicted molar refractivity (Wildman–Crippen MR) is 30.9 cm³/mol. The fourth-order valence-electron chi connectivity index (χ4n) is 0.167. The summed E-state index contributed by atoms with van der Waals surface area (Å²) < 4.78 is 4.73. The molecule has 0 fully saturated rings. The first-order chi connectivity index (χ1) is 2.81. The molecule has 0 aliphatic carbocycles. The van der Waals surface area contributed by atoms with E-state index in [4.69, 9.17) is 8.91 Å². The van der Waals surface area contributed by atoms with E-state index in [1.165, 1.54) is 0 Å². The van der Waals surface area contributed by atoms with Crippen LogP contribution in [-0.2, 0) is 4.12 Å². The van der Waals surface area contributed by atoms with Crippen molar-refractivity contribution < 1.29 is 8.91 Å². The van der Waals surface area contributed by atoms with Gasteiger partial charge >= 0.3 is 9.28 Å². The van der Waals surface area contributed by atoms with Crippen molar-refractivity contribution in [3.63, 3.8) is 0 Å². The molecular formula is C2H10O2Si2. The second-order valence-electron chi connectivity index (χ2n) is 1.10. The van der Waals surface area contributed by atoms with Gasteiger partial charge in [-0.15, -0.1) is 0 Å². The van der Waals surface area contributed by atoms with Crippen LogP contribution in [0.1, 0.15) is 6.92 Å². The van der Waals surface area contributed by atoms with Crippen molar-refractivity contribution in [1.29, 1.82) is 0 Å². The van der Waals surface area contributed by atoms with E-state index in [2.05, 4.69) is 0 Å². The third-order valence-corrected chi connectivity index (χ3v) is 3.50. The second-order valence-corrected chi connectivity index (χ2v) is 4.71. The molecule has 4 heteroatoms. The Morgan fingerprint density at radius 1 is 2.00 bits per heavy atom. The van der Waals surface area contributed by atoms with Crippen molar-refractivity contribution in [3.05, 3.63) is 0 Å². The zero-order valence-electron chi connectivity index (χ0n) is 4.14. The minimum absolute atomic E-state index is 0.694. The lowest BCUT2D eigenvalue weighted by Crippen LogP contribution is -2.12. The summed E-state index contributed by atoms with van der Waals surface area (Å²) in [6.45, 7) is 1.94. The van der Waals surface area contributed by atoms with E-state index in [1.807, 2.05) is 6.92 Å². The fourth-order valence-corrected chi connectivity index (χ4v) is 1.50. The predicted octanol–water partition coefficient (Wildman–Crippen LogP) is -1.48. The van der Waals surface area contributed by atoms with Crippen molar-refractivity contribution in [2.24, 2.45) is 0 Å². The zero-order chi connectivity index (χ0) is 4.99. The molecule has 38 valence electrons. The molecule has 0 amide bonds. The van der Waals surface area contributed by atoms with Crippen LogP contribution in [0.2, 0.25) is 6.04 Å². The first kappa shape index (κ1) is 6.35.